The van der Waals surface area contributed by atoms with Crippen molar-refractivity contribution in [2.45, 2.75) is 33.3 Å². The van der Waals surface area contributed by atoms with E-state index in [0.717, 1.165) is 31.9 Å². The minimum atomic E-state index is -0.397. The van der Waals surface area contributed by atoms with Crippen LogP contribution in [0.25, 0.3) is 0 Å². The van der Waals surface area contributed by atoms with Crippen molar-refractivity contribution in [1.29, 1.82) is 0 Å². The average molecular weight is 463 g/mol. The van der Waals surface area contributed by atoms with Crippen molar-refractivity contribution in [3.8, 4) is 11.5 Å². The summed E-state index contributed by atoms with van der Waals surface area (Å²) in [6.45, 7) is 11.7. The molecular formula is C24H31ClN2O5. The number of nitrogens with zero attached hydrogens (tertiary/aromatic N) is 1. The first-order valence-electron chi connectivity index (χ1n) is 10.5. The monoisotopic (exact) mass is 462 g/mol. The lowest BCUT2D eigenvalue weighted by Crippen LogP contribution is -2.43. The number of hydrogen-bond acceptors (Lipinski definition) is 7. The summed E-state index contributed by atoms with van der Waals surface area (Å²) in [7, 11) is 0. The summed E-state index contributed by atoms with van der Waals surface area (Å²) in [6.07, 6.45) is 0. The third kappa shape index (κ3) is 8.40. The molecule has 0 spiro atoms. The van der Waals surface area contributed by atoms with Crippen LogP contribution in [0.2, 0.25) is 5.02 Å². The van der Waals surface area contributed by atoms with Gasteiger partial charge < -0.3 is 24.4 Å². The van der Waals surface area contributed by atoms with Gasteiger partial charge >= 0.3 is 5.97 Å². The Morgan fingerprint density at radius 2 is 1.88 bits per heavy atom. The molecule has 7 nitrogen and oxygen atoms in total. The van der Waals surface area contributed by atoms with E-state index in [1.165, 1.54) is 0 Å². The second kappa shape index (κ2) is 12.3. The van der Waals surface area contributed by atoms with E-state index in [2.05, 4.69) is 15.0 Å². The van der Waals surface area contributed by atoms with Gasteiger partial charge in [0.1, 0.15) is 22.7 Å². The van der Waals surface area contributed by atoms with E-state index in [9.17, 15) is 9.59 Å². The lowest BCUT2D eigenvalue weighted by atomic mass is 10.1. The maximum Gasteiger partial charge on any atom is 0.341 e. The van der Waals surface area contributed by atoms with E-state index in [1.54, 1.807) is 31.2 Å². The molecule has 1 aliphatic heterocycles. The zero-order chi connectivity index (χ0) is 23.6. The molecule has 1 aliphatic rings. The number of ether oxygens (including phenoxy) is 3. The number of nitrogens with one attached hydrogen (secondary N) is 1. The number of benzene rings is 2. The second-order valence-corrected chi connectivity index (χ2v) is 8.46. The number of hydrogen-bond donors (Lipinski definition) is 1. The molecule has 174 valence electrons. The molecule has 1 saturated heterocycles. The normalized spacial score (nSPS) is 13.5. The fourth-order valence-electron chi connectivity index (χ4n) is 2.89. The van der Waals surface area contributed by atoms with Crippen LogP contribution in [0.4, 0.5) is 5.69 Å². The number of carbonyl (C=O) groups is 2. The maximum atomic E-state index is 12.3. The van der Waals surface area contributed by atoms with Crippen molar-refractivity contribution in [1.82, 2.24) is 5.32 Å². The minimum absolute atomic E-state index is 0.314. The van der Waals surface area contributed by atoms with Crippen molar-refractivity contribution >= 4 is 29.7 Å². The summed E-state index contributed by atoms with van der Waals surface area (Å²) in [5, 5.41) is 3.91. The van der Waals surface area contributed by atoms with Gasteiger partial charge in [0, 0.05) is 43.0 Å². The van der Waals surface area contributed by atoms with E-state index in [-0.39, 0.29) is 5.60 Å². The van der Waals surface area contributed by atoms with Crippen molar-refractivity contribution in [3.63, 3.8) is 0 Å². The van der Waals surface area contributed by atoms with E-state index in [4.69, 9.17) is 21.1 Å². The van der Waals surface area contributed by atoms with Crippen LogP contribution in [0.3, 0.4) is 0 Å². The Hall–Kier alpha value is -2.77. The first-order valence-corrected chi connectivity index (χ1v) is 10.9. The summed E-state index contributed by atoms with van der Waals surface area (Å²) >= 11 is 6.03. The van der Waals surface area contributed by atoms with Gasteiger partial charge in [-0.1, -0.05) is 17.7 Å². The molecule has 0 atom stereocenters. The van der Waals surface area contributed by atoms with Crippen LogP contribution in [0, 0.1) is 0 Å². The fraction of sp³-hybridized carbons (Fsp3) is 0.417. The standard InChI is InChI=1S/C19H21ClN2O3.C5H10O2/c1-2-24-19(23)17-7-6-15(22-10-8-21-9-11-22)13-18(17)25-16-5-3-4-14(20)12-16;1-5(2,3)7-4-6/h3-7,12-13,21H,2,8-11H2,1H3;4H,1-3H3. The summed E-state index contributed by atoms with van der Waals surface area (Å²) < 4.78 is 15.7. The van der Waals surface area contributed by atoms with E-state index in [0.29, 0.717) is 35.2 Å². The average Bonchev–Trinajstić information content (AvgIpc) is 2.74. The van der Waals surface area contributed by atoms with Gasteiger partial charge in [0.2, 0.25) is 0 Å². The number of esters is 1. The summed E-state index contributed by atoms with van der Waals surface area (Å²) in [6, 6.07) is 12.7. The van der Waals surface area contributed by atoms with E-state index < -0.39 is 5.97 Å². The molecule has 3 rings (SSSR count). The Labute approximate surface area is 194 Å². The molecule has 0 aromatic heterocycles. The molecule has 1 fully saturated rings. The van der Waals surface area contributed by atoms with Gasteiger partial charge in [0.05, 0.1) is 6.61 Å². The van der Waals surface area contributed by atoms with Gasteiger partial charge in [-0.25, -0.2) is 4.79 Å². The van der Waals surface area contributed by atoms with Crippen LogP contribution in [-0.4, -0.2) is 50.8 Å². The van der Waals surface area contributed by atoms with Gasteiger partial charge in [0.25, 0.3) is 6.47 Å². The van der Waals surface area contributed by atoms with Gasteiger partial charge in [0.15, 0.2) is 0 Å². The predicted octanol–water partition coefficient (Wildman–Crippen LogP) is 4.68. The maximum absolute atomic E-state index is 12.3. The highest BCUT2D eigenvalue weighted by Crippen LogP contribution is 2.32. The molecule has 0 unspecified atom stereocenters. The third-order valence-corrected chi connectivity index (χ3v) is 4.60. The molecular weight excluding hydrogens is 432 g/mol. The van der Waals surface area contributed by atoms with Crippen LogP contribution in [-0.2, 0) is 14.3 Å². The third-order valence-electron chi connectivity index (χ3n) is 4.37. The first-order chi connectivity index (χ1) is 15.2. The molecule has 0 bridgehead atoms. The van der Waals surface area contributed by atoms with E-state index >= 15 is 0 Å². The SMILES string of the molecule is CC(C)(C)OC=O.CCOC(=O)c1ccc(N2CCNCC2)cc1Oc1cccc(Cl)c1. The van der Waals surface area contributed by atoms with Crippen molar-refractivity contribution < 1.29 is 23.8 Å². The van der Waals surface area contributed by atoms with Crippen molar-refractivity contribution in [2.24, 2.45) is 0 Å². The second-order valence-electron chi connectivity index (χ2n) is 8.02. The number of rotatable bonds is 6. The zero-order valence-corrected chi connectivity index (χ0v) is 19.8. The molecule has 2 aromatic carbocycles. The lowest BCUT2D eigenvalue weighted by Gasteiger charge is -2.30. The first kappa shape index (κ1) is 25.5. The minimum Gasteiger partial charge on any atom is -0.462 e. The fourth-order valence-corrected chi connectivity index (χ4v) is 3.07. The van der Waals surface area contributed by atoms with Gasteiger partial charge in [-0.15, -0.1) is 0 Å². The Bertz CT molecular complexity index is 892. The predicted molar refractivity (Wildman–Crippen MR) is 126 cm³/mol. The summed E-state index contributed by atoms with van der Waals surface area (Å²) in [5.41, 5.74) is 1.11. The zero-order valence-electron chi connectivity index (χ0n) is 19.0. The molecule has 8 heteroatoms. The van der Waals surface area contributed by atoms with E-state index in [1.807, 2.05) is 39.0 Å². The van der Waals surface area contributed by atoms with Gasteiger partial charge in [-0.05, 0) is 58.0 Å². The highest BCUT2D eigenvalue weighted by molar-refractivity contribution is 6.30. The number of halogens is 1. The molecule has 2 aromatic rings. The molecule has 1 N–H and O–H groups in total. The Kier molecular flexibility index (Phi) is 9.81. The van der Waals surface area contributed by atoms with Crippen molar-refractivity contribution in [2.75, 3.05) is 37.7 Å². The van der Waals surface area contributed by atoms with Gasteiger partial charge in [-0.3, -0.25) is 4.79 Å². The van der Waals surface area contributed by atoms with Crippen molar-refractivity contribution in [3.05, 3.63) is 53.1 Å². The summed E-state index contributed by atoms with van der Waals surface area (Å²) in [4.78, 5) is 24.1. The Balaban J connectivity index is 0.000000451. The topological polar surface area (TPSA) is 77.1 Å². The highest BCUT2D eigenvalue weighted by Gasteiger charge is 2.18. The van der Waals surface area contributed by atoms with Crippen LogP contribution in [0.15, 0.2) is 42.5 Å². The number of anilines is 1. The molecule has 32 heavy (non-hydrogen) atoms. The van der Waals surface area contributed by atoms with Crippen LogP contribution >= 0.6 is 11.6 Å². The molecule has 0 saturated carbocycles. The molecule has 1 heterocycles. The molecule has 0 amide bonds. The van der Waals surface area contributed by atoms with Crippen LogP contribution < -0.4 is 15.0 Å². The smallest absolute Gasteiger partial charge is 0.341 e. The molecule has 0 aliphatic carbocycles. The lowest BCUT2D eigenvalue weighted by molar-refractivity contribution is -0.138. The number of piperazine rings is 1. The quantitative estimate of drug-likeness (QED) is 0.493. The Morgan fingerprint density at radius 1 is 1.16 bits per heavy atom. The molecule has 0 radical (unpaired) electrons. The van der Waals surface area contributed by atoms with Crippen LogP contribution in [0.5, 0.6) is 11.5 Å². The largest absolute Gasteiger partial charge is 0.462 e. The van der Waals surface area contributed by atoms with Gasteiger partial charge in [-0.2, -0.15) is 0 Å². The Morgan fingerprint density at radius 3 is 2.44 bits per heavy atom. The van der Waals surface area contributed by atoms with Crippen LogP contribution in [0.1, 0.15) is 38.1 Å². The summed E-state index contributed by atoms with van der Waals surface area (Å²) in [5.74, 6) is 0.652. The number of carbonyl (C=O) groups excluding carboxylic acids is 2. The highest BCUT2D eigenvalue weighted by atomic mass is 35.5.